The van der Waals surface area contributed by atoms with Crippen LogP contribution in [0.1, 0.15) is 23.8 Å². The van der Waals surface area contributed by atoms with E-state index in [1.807, 2.05) is 29.6 Å². The van der Waals surface area contributed by atoms with Crippen LogP contribution < -0.4 is 4.72 Å². The molecule has 1 aliphatic carbocycles. The first kappa shape index (κ1) is 14.2. The molecule has 108 valence electrons. The second kappa shape index (κ2) is 5.57. The highest BCUT2D eigenvalue weighted by Crippen LogP contribution is 2.34. The van der Waals surface area contributed by atoms with Crippen molar-refractivity contribution in [3.8, 4) is 9.75 Å². The maximum Gasteiger partial charge on any atom is 0.214 e. The Kier molecular flexibility index (Phi) is 3.96. The van der Waals surface area contributed by atoms with E-state index in [1.165, 1.54) is 11.3 Å². The van der Waals surface area contributed by atoms with Gasteiger partial charge in [-0.3, -0.25) is 0 Å². The second-order valence-electron chi connectivity index (χ2n) is 4.79. The first-order chi connectivity index (χ1) is 9.56. The van der Waals surface area contributed by atoms with Crippen molar-refractivity contribution >= 4 is 32.7 Å². The molecule has 3 rings (SSSR count). The Hall–Kier alpha value is -0.730. The van der Waals surface area contributed by atoms with E-state index in [0.717, 1.165) is 27.5 Å². The van der Waals surface area contributed by atoms with E-state index in [-0.39, 0.29) is 11.8 Å². The molecule has 4 nitrogen and oxygen atoms in total. The van der Waals surface area contributed by atoms with Crippen LogP contribution in [0, 0.1) is 0 Å². The number of thiophene rings is 2. The topological polar surface area (TPSA) is 66.4 Å². The smallest absolute Gasteiger partial charge is 0.214 e. The lowest BCUT2D eigenvalue weighted by Gasteiger charge is -2.10. The predicted octanol–water partition coefficient (Wildman–Crippen LogP) is 2.59. The molecule has 0 aromatic carbocycles. The number of hydrogen-bond acceptors (Lipinski definition) is 5. The fourth-order valence-electron chi connectivity index (χ4n) is 1.87. The van der Waals surface area contributed by atoms with Gasteiger partial charge in [0.2, 0.25) is 10.0 Å². The van der Waals surface area contributed by atoms with E-state index in [0.29, 0.717) is 0 Å². The zero-order chi connectivity index (χ0) is 14.2. The number of sulfonamides is 1. The van der Waals surface area contributed by atoms with Gasteiger partial charge in [-0.15, -0.1) is 22.7 Å². The summed E-state index contributed by atoms with van der Waals surface area (Å²) in [4.78, 5) is 3.04. The van der Waals surface area contributed by atoms with E-state index in [4.69, 9.17) is 0 Å². The summed E-state index contributed by atoms with van der Waals surface area (Å²) in [5.41, 5.74) is 0. The predicted molar refractivity (Wildman–Crippen MR) is 82.5 cm³/mol. The Morgan fingerprint density at radius 3 is 2.75 bits per heavy atom. The van der Waals surface area contributed by atoms with Crippen LogP contribution in [0.25, 0.3) is 9.75 Å². The number of rotatable bonds is 6. The van der Waals surface area contributed by atoms with Crippen molar-refractivity contribution < 1.29 is 13.5 Å². The Bertz CT molecular complexity index is 672. The van der Waals surface area contributed by atoms with Crippen molar-refractivity contribution in [1.82, 2.24) is 4.72 Å². The molecule has 1 aliphatic rings. The molecule has 0 amide bonds. The molecule has 0 aliphatic heterocycles. The van der Waals surface area contributed by atoms with Crippen molar-refractivity contribution in [3.05, 3.63) is 34.5 Å². The Balaban J connectivity index is 1.64. The van der Waals surface area contributed by atoms with Gasteiger partial charge in [0.1, 0.15) is 6.10 Å². The second-order valence-corrected chi connectivity index (χ2v) is 8.90. The average molecular weight is 329 g/mol. The molecule has 0 saturated heterocycles. The van der Waals surface area contributed by atoms with Crippen LogP contribution in [0.5, 0.6) is 0 Å². The van der Waals surface area contributed by atoms with Crippen LogP contribution >= 0.6 is 22.7 Å². The minimum absolute atomic E-state index is 0.0449. The molecule has 2 aromatic heterocycles. The Morgan fingerprint density at radius 2 is 2.10 bits per heavy atom. The summed E-state index contributed by atoms with van der Waals surface area (Å²) in [6, 6.07) is 7.84. The van der Waals surface area contributed by atoms with Gasteiger partial charge < -0.3 is 5.11 Å². The van der Waals surface area contributed by atoms with Crippen molar-refractivity contribution in [1.29, 1.82) is 0 Å². The first-order valence-electron chi connectivity index (χ1n) is 6.36. The summed E-state index contributed by atoms with van der Waals surface area (Å²) in [7, 11) is -3.23. The van der Waals surface area contributed by atoms with Gasteiger partial charge in [0.15, 0.2) is 0 Å². The van der Waals surface area contributed by atoms with E-state index < -0.39 is 16.1 Å². The minimum atomic E-state index is -3.23. The molecular formula is C13H15NO3S3. The van der Waals surface area contributed by atoms with E-state index in [2.05, 4.69) is 4.72 Å². The van der Waals surface area contributed by atoms with Crippen LogP contribution in [0.3, 0.4) is 0 Å². The van der Waals surface area contributed by atoms with Gasteiger partial charge in [0, 0.05) is 21.2 Å². The number of aliphatic hydroxyl groups excluding tert-OH is 1. The summed E-state index contributed by atoms with van der Waals surface area (Å²) in [6.07, 6.45) is 0.669. The normalized spacial score (nSPS) is 17.2. The average Bonchev–Trinajstić information content (AvgIpc) is 2.96. The molecule has 7 heteroatoms. The minimum Gasteiger partial charge on any atom is -0.386 e. The van der Waals surface area contributed by atoms with Gasteiger partial charge in [-0.05, 0) is 36.4 Å². The Labute approximate surface area is 126 Å². The SMILES string of the molecule is O=S(=O)(NCC(O)c1ccc(-c2cccs2)s1)C1CC1. The molecule has 2 aromatic rings. The van der Waals surface area contributed by atoms with Crippen molar-refractivity contribution in [2.75, 3.05) is 6.54 Å². The van der Waals surface area contributed by atoms with Gasteiger partial charge in [-0.2, -0.15) is 0 Å². The largest absolute Gasteiger partial charge is 0.386 e. The van der Waals surface area contributed by atoms with Crippen LogP contribution in [-0.4, -0.2) is 25.3 Å². The maximum absolute atomic E-state index is 11.7. The van der Waals surface area contributed by atoms with Gasteiger partial charge in [-0.1, -0.05) is 6.07 Å². The van der Waals surface area contributed by atoms with Gasteiger partial charge in [-0.25, -0.2) is 13.1 Å². The summed E-state index contributed by atoms with van der Waals surface area (Å²) >= 11 is 3.15. The summed E-state index contributed by atoms with van der Waals surface area (Å²) in [6.45, 7) is 0.0449. The summed E-state index contributed by atoms with van der Waals surface area (Å²) < 4.78 is 25.9. The molecular weight excluding hydrogens is 314 g/mol. The molecule has 0 spiro atoms. The lowest BCUT2D eigenvalue weighted by molar-refractivity contribution is 0.185. The number of hydrogen-bond donors (Lipinski definition) is 2. The van der Waals surface area contributed by atoms with Crippen LogP contribution in [-0.2, 0) is 10.0 Å². The molecule has 1 atom stereocenters. The molecule has 20 heavy (non-hydrogen) atoms. The highest BCUT2D eigenvalue weighted by Gasteiger charge is 2.35. The fraction of sp³-hybridized carbons (Fsp3) is 0.385. The van der Waals surface area contributed by atoms with Crippen LogP contribution in [0.4, 0.5) is 0 Å². The number of nitrogens with one attached hydrogen (secondary N) is 1. The third-order valence-corrected chi connectivity index (χ3v) is 7.33. The monoisotopic (exact) mass is 329 g/mol. The van der Waals surface area contributed by atoms with Crippen LogP contribution in [0.2, 0.25) is 0 Å². The lowest BCUT2D eigenvalue weighted by Crippen LogP contribution is -2.31. The zero-order valence-corrected chi connectivity index (χ0v) is 13.1. The maximum atomic E-state index is 11.7. The van der Waals surface area contributed by atoms with Gasteiger partial charge >= 0.3 is 0 Å². The van der Waals surface area contributed by atoms with E-state index in [9.17, 15) is 13.5 Å². The summed E-state index contributed by atoms with van der Waals surface area (Å²) in [5, 5.41) is 11.8. The zero-order valence-electron chi connectivity index (χ0n) is 10.7. The van der Waals surface area contributed by atoms with Gasteiger partial charge in [0.25, 0.3) is 0 Å². The van der Waals surface area contributed by atoms with Gasteiger partial charge in [0.05, 0.1) is 5.25 Å². The third-order valence-electron chi connectivity index (χ3n) is 3.16. The third kappa shape index (κ3) is 3.12. The highest BCUT2D eigenvalue weighted by atomic mass is 32.2. The van der Waals surface area contributed by atoms with Crippen molar-refractivity contribution in [3.63, 3.8) is 0 Å². The van der Waals surface area contributed by atoms with Crippen LogP contribution in [0.15, 0.2) is 29.6 Å². The lowest BCUT2D eigenvalue weighted by atomic mass is 10.3. The quantitative estimate of drug-likeness (QED) is 0.856. The molecule has 2 heterocycles. The summed E-state index contributed by atoms with van der Waals surface area (Å²) in [5.74, 6) is 0. The fourth-order valence-corrected chi connectivity index (χ4v) is 5.09. The van der Waals surface area contributed by atoms with Crippen molar-refractivity contribution in [2.24, 2.45) is 0 Å². The van der Waals surface area contributed by atoms with E-state index >= 15 is 0 Å². The standard InChI is InChI=1S/C13H15NO3S3/c15-10(8-14-20(16,17)9-3-4-9)11-5-6-13(19-11)12-2-1-7-18-12/h1-2,5-7,9-10,14-15H,3-4,8H2. The molecule has 0 bridgehead atoms. The molecule has 0 radical (unpaired) electrons. The molecule has 2 N–H and O–H groups in total. The molecule has 1 unspecified atom stereocenters. The molecule has 1 fully saturated rings. The first-order valence-corrected chi connectivity index (χ1v) is 9.60. The van der Waals surface area contributed by atoms with Crippen molar-refractivity contribution in [2.45, 2.75) is 24.2 Å². The molecule has 1 saturated carbocycles. The highest BCUT2D eigenvalue weighted by molar-refractivity contribution is 7.90. The number of aliphatic hydroxyl groups is 1. The Morgan fingerprint density at radius 1 is 1.30 bits per heavy atom. The van der Waals surface area contributed by atoms with E-state index in [1.54, 1.807) is 11.3 Å².